The van der Waals surface area contributed by atoms with Crippen LogP contribution in [0.1, 0.15) is 30.1 Å². The van der Waals surface area contributed by atoms with E-state index in [2.05, 4.69) is 11.4 Å². The van der Waals surface area contributed by atoms with Crippen LogP contribution in [0.2, 0.25) is 0 Å². The topological polar surface area (TPSA) is 107 Å². The first kappa shape index (κ1) is 19.4. The van der Waals surface area contributed by atoms with E-state index in [1.165, 1.54) is 33.5 Å². The molecule has 1 aliphatic rings. The lowest BCUT2D eigenvalue weighted by atomic mass is 9.98. The number of hydrogen-bond acceptors (Lipinski definition) is 7. The lowest BCUT2D eigenvalue weighted by Gasteiger charge is -2.22. The highest BCUT2D eigenvalue weighted by atomic mass is 16.5. The summed E-state index contributed by atoms with van der Waals surface area (Å²) in [5.41, 5.74) is -0.840. The van der Waals surface area contributed by atoms with Gasteiger partial charge in [0.2, 0.25) is 0 Å². The largest absolute Gasteiger partial charge is 0.496 e. The molecule has 0 heterocycles. The molecule has 1 aliphatic carbocycles. The maximum atomic E-state index is 12.3. The zero-order chi connectivity index (χ0) is 19.3. The number of esters is 1. The lowest BCUT2D eigenvalue weighted by molar-refractivity contribution is -0.125. The molecule has 0 unspecified atom stereocenters. The average Bonchev–Trinajstić information content (AvgIpc) is 3.50. The number of ether oxygens (including phenoxy) is 4. The molecule has 0 spiro atoms. The summed E-state index contributed by atoms with van der Waals surface area (Å²) in [7, 11) is 4.30. The van der Waals surface area contributed by atoms with Crippen LogP contribution in [0.4, 0.5) is 0 Å². The number of nitrogens with one attached hydrogen (secondary N) is 1. The molecule has 8 heteroatoms. The Kier molecular flexibility index (Phi) is 5.93. The Hall–Kier alpha value is -2.95. The van der Waals surface area contributed by atoms with E-state index >= 15 is 0 Å². The first-order chi connectivity index (χ1) is 12.4. The van der Waals surface area contributed by atoms with E-state index in [0.717, 1.165) is 12.8 Å². The Labute approximate surface area is 152 Å². The van der Waals surface area contributed by atoms with Crippen LogP contribution in [0, 0.1) is 17.2 Å². The molecule has 1 N–H and O–H groups in total. The van der Waals surface area contributed by atoms with Gasteiger partial charge in [-0.25, -0.2) is 4.79 Å². The van der Waals surface area contributed by atoms with E-state index in [9.17, 15) is 14.9 Å². The molecule has 26 heavy (non-hydrogen) atoms. The maximum Gasteiger partial charge on any atom is 0.342 e. The second kappa shape index (κ2) is 7.95. The van der Waals surface area contributed by atoms with Gasteiger partial charge < -0.3 is 24.3 Å². The Morgan fingerprint density at radius 3 is 2.23 bits per heavy atom. The van der Waals surface area contributed by atoms with Gasteiger partial charge in [0, 0.05) is 12.1 Å². The van der Waals surface area contributed by atoms with Gasteiger partial charge in [0.1, 0.15) is 16.9 Å². The molecule has 1 amide bonds. The summed E-state index contributed by atoms with van der Waals surface area (Å²) in [6.45, 7) is 1.17. The van der Waals surface area contributed by atoms with Crippen LogP contribution in [-0.2, 0) is 9.53 Å². The quantitative estimate of drug-likeness (QED) is 0.701. The minimum absolute atomic E-state index is 0.100. The molecular formula is C18H22N2O6. The highest BCUT2D eigenvalue weighted by molar-refractivity contribution is 5.95. The fourth-order valence-electron chi connectivity index (χ4n) is 2.61. The molecule has 0 aliphatic heterocycles. The molecule has 8 nitrogen and oxygen atoms in total. The van der Waals surface area contributed by atoms with Crippen molar-refractivity contribution in [2.75, 3.05) is 27.9 Å². The minimum Gasteiger partial charge on any atom is -0.496 e. The fraction of sp³-hybridized carbons (Fsp3) is 0.500. The summed E-state index contributed by atoms with van der Waals surface area (Å²) in [4.78, 5) is 24.4. The molecule has 1 fully saturated rings. The Morgan fingerprint density at radius 1 is 1.15 bits per heavy atom. The number of hydrogen-bond donors (Lipinski definition) is 1. The monoisotopic (exact) mass is 362 g/mol. The van der Waals surface area contributed by atoms with Crippen LogP contribution in [0.15, 0.2) is 12.1 Å². The van der Waals surface area contributed by atoms with Crippen LogP contribution in [0.5, 0.6) is 17.2 Å². The number of carbonyl (C=O) groups is 2. The van der Waals surface area contributed by atoms with Gasteiger partial charge in [-0.1, -0.05) is 0 Å². The predicted molar refractivity (Wildman–Crippen MR) is 91.3 cm³/mol. The van der Waals surface area contributed by atoms with Crippen molar-refractivity contribution < 1.29 is 28.5 Å². The van der Waals surface area contributed by atoms with Gasteiger partial charge in [-0.2, -0.15) is 5.26 Å². The van der Waals surface area contributed by atoms with Crippen molar-refractivity contribution in [2.45, 2.75) is 25.3 Å². The number of benzene rings is 1. The van der Waals surface area contributed by atoms with Crippen molar-refractivity contribution in [3.05, 3.63) is 17.7 Å². The molecule has 2 rings (SSSR count). The molecular weight excluding hydrogens is 340 g/mol. The summed E-state index contributed by atoms with van der Waals surface area (Å²) in [5.74, 6) is -0.189. The molecule has 1 atom stereocenters. The van der Waals surface area contributed by atoms with Crippen molar-refractivity contribution in [3.63, 3.8) is 0 Å². The molecule has 0 bridgehead atoms. The van der Waals surface area contributed by atoms with E-state index in [1.807, 2.05) is 0 Å². The smallest absolute Gasteiger partial charge is 0.342 e. The standard InChI is InChI=1S/C18H22N2O6/c1-18(10-19,11-5-6-11)20-16(21)9-26-17(22)12-7-14(24-3)15(25-4)8-13(12)23-2/h7-8,11H,5-6,9H2,1-4H3,(H,20,21)/t18-/m1/s1. The minimum atomic E-state index is -0.940. The first-order valence-electron chi connectivity index (χ1n) is 8.08. The number of methoxy groups -OCH3 is 3. The molecule has 1 aromatic rings. The third-order valence-electron chi connectivity index (χ3n) is 4.29. The maximum absolute atomic E-state index is 12.3. The van der Waals surface area contributed by atoms with Crippen LogP contribution < -0.4 is 19.5 Å². The average molecular weight is 362 g/mol. The van der Waals surface area contributed by atoms with Crippen molar-refractivity contribution in [2.24, 2.45) is 5.92 Å². The van der Waals surface area contributed by atoms with E-state index in [0.29, 0.717) is 11.5 Å². The van der Waals surface area contributed by atoms with Gasteiger partial charge >= 0.3 is 5.97 Å². The number of amides is 1. The Balaban J connectivity index is 2.05. The SMILES string of the molecule is COc1cc(OC)c(C(=O)OCC(=O)N[C@](C)(C#N)C2CC2)cc1OC. The Morgan fingerprint density at radius 2 is 1.73 bits per heavy atom. The van der Waals surface area contributed by atoms with Gasteiger partial charge in [-0.3, -0.25) is 4.79 Å². The predicted octanol–water partition coefficient (Wildman–Crippen LogP) is 1.68. The third-order valence-corrected chi connectivity index (χ3v) is 4.29. The highest BCUT2D eigenvalue weighted by Crippen LogP contribution is 2.39. The summed E-state index contributed by atoms with van der Waals surface area (Å²) < 4.78 is 20.5. The second-order valence-corrected chi connectivity index (χ2v) is 6.12. The summed E-state index contributed by atoms with van der Waals surface area (Å²) in [5, 5.41) is 11.9. The van der Waals surface area contributed by atoms with Gasteiger partial charge in [0.25, 0.3) is 5.91 Å². The number of nitrogens with zero attached hydrogens (tertiary/aromatic N) is 1. The molecule has 1 aromatic carbocycles. The van der Waals surface area contributed by atoms with E-state index in [-0.39, 0.29) is 17.2 Å². The number of rotatable bonds is 8. The Bertz CT molecular complexity index is 738. The molecule has 0 aromatic heterocycles. The van der Waals surface area contributed by atoms with E-state index < -0.39 is 24.0 Å². The highest BCUT2D eigenvalue weighted by Gasteiger charge is 2.43. The lowest BCUT2D eigenvalue weighted by Crippen LogP contribution is -2.48. The van der Waals surface area contributed by atoms with Gasteiger partial charge in [-0.05, 0) is 25.7 Å². The molecule has 0 radical (unpaired) electrons. The zero-order valence-electron chi connectivity index (χ0n) is 15.3. The van der Waals surface area contributed by atoms with Crippen LogP contribution in [-0.4, -0.2) is 45.4 Å². The number of carbonyl (C=O) groups excluding carboxylic acids is 2. The first-order valence-corrected chi connectivity index (χ1v) is 8.08. The molecule has 0 saturated heterocycles. The second-order valence-electron chi connectivity index (χ2n) is 6.12. The van der Waals surface area contributed by atoms with E-state index in [1.54, 1.807) is 6.92 Å². The van der Waals surface area contributed by atoms with Crippen LogP contribution >= 0.6 is 0 Å². The van der Waals surface area contributed by atoms with Crippen LogP contribution in [0.3, 0.4) is 0 Å². The fourth-order valence-corrected chi connectivity index (χ4v) is 2.61. The van der Waals surface area contributed by atoms with Crippen molar-refractivity contribution >= 4 is 11.9 Å². The van der Waals surface area contributed by atoms with Crippen molar-refractivity contribution in [1.29, 1.82) is 5.26 Å². The number of nitriles is 1. The zero-order valence-corrected chi connectivity index (χ0v) is 15.3. The molecule has 1 saturated carbocycles. The third kappa shape index (κ3) is 4.17. The normalized spacial score (nSPS) is 15.2. The van der Waals surface area contributed by atoms with Crippen molar-refractivity contribution in [3.8, 4) is 23.3 Å². The summed E-state index contributed by atoms with van der Waals surface area (Å²) >= 11 is 0. The summed E-state index contributed by atoms with van der Waals surface area (Å²) in [6.07, 6.45) is 1.79. The molecule has 140 valence electrons. The van der Waals surface area contributed by atoms with Crippen LogP contribution in [0.25, 0.3) is 0 Å². The van der Waals surface area contributed by atoms with Crippen molar-refractivity contribution in [1.82, 2.24) is 5.32 Å². The van der Waals surface area contributed by atoms with E-state index in [4.69, 9.17) is 18.9 Å². The summed E-state index contributed by atoms with van der Waals surface area (Å²) in [6, 6.07) is 5.03. The van der Waals surface area contributed by atoms with Gasteiger partial charge in [0.05, 0.1) is 27.4 Å². The van der Waals surface area contributed by atoms with Gasteiger partial charge in [-0.15, -0.1) is 0 Å². The van der Waals surface area contributed by atoms with Gasteiger partial charge in [0.15, 0.2) is 18.1 Å².